The fraction of sp³-hybridized carbons (Fsp3) is 0.356. The van der Waals surface area contributed by atoms with Crippen LogP contribution in [-0.4, -0.2) is 179 Å². The van der Waals surface area contributed by atoms with Crippen LogP contribution in [0.5, 0.6) is 0 Å². The molecule has 2 aliphatic carbocycles. The molecule has 2 fully saturated rings. The Labute approximate surface area is 819 Å². The average Bonchev–Trinajstić information content (AvgIpc) is 1.60. The third-order valence-electron chi connectivity index (χ3n) is 24.0. The van der Waals surface area contributed by atoms with Gasteiger partial charge in [0.15, 0.2) is 0 Å². The van der Waals surface area contributed by atoms with Crippen LogP contribution in [0.1, 0.15) is 91.2 Å². The number of hydrogen-bond donors (Lipinski definition) is 8. The maximum Gasteiger partial charge on any atom is 0.405 e. The summed E-state index contributed by atoms with van der Waals surface area (Å²) in [6.07, 6.45) is 1.92. The van der Waals surface area contributed by atoms with E-state index >= 15 is 0 Å². The first-order valence-corrected chi connectivity index (χ1v) is 46.6. The largest absolute Gasteiger partial charge is 0.405 e. The summed E-state index contributed by atoms with van der Waals surface area (Å²) in [5.41, 5.74) is 12.0. The maximum absolute atomic E-state index is 12.1. The van der Waals surface area contributed by atoms with Crippen molar-refractivity contribution in [3.05, 3.63) is 278 Å². The van der Waals surface area contributed by atoms with Gasteiger partial charge in [-0.1, -0.05) is 24.6 Å². The molecule has 140 heavy (non-hydrogen) atoms. The summed E-state index contributed by atoms with van der Waals surface area (Å²) in [7, 11) is 25.0. The number of aromatic nitrogens is 16. The molecule has 18 rings (SSSR count). The van der Waals surface area contributed by atoms with Crippen molar-refractivity contribution in [1.82, 2.24) is 86.2 Å². The van der Waals surface area contributed by atoms with Crippen LogP contribution >= 0.6 is 27.5 Å². The van der Waals surface area contributed by atoms with E-state index in [1.807, 2.05) is 149 Å². The lowest BCUT2D eigenvalue weighted by atomic mass is 10.1. The number of alkyl halides is 3. The van der Waals surface area contributed by atoms with Gasteiger partial charge in [-0.05, 0) is 251 Å². The Kier molecular flexibility index (Phi) is 34.7. The number of benzene rings is 8. The Morgan fingerprint density at radius 2 is 0.686 bits per heavy atom. The molecule has 0 unspecified atom stereocenters. The zero-order valence-electron chi connectivity index (χ0n) is 83.1. The second kappa shape index (κ2) is 45.8. The Morgan fingerprint density at radius 3 is 1.01 bits per heavy atom. The second-order valence-electron chi connectivity index (χ2n) is 34.9. The Hall–Kier alpha value is -14.5. The van der Waals surface area contributed by atoms with Gasteiger partial charge in [0, 0.05) is 155 Å². The number of nitrogens with one attached hydrogen (secondary N) is 8. The van der Waals surface area contributed by atoms with Crippen molar-refractivity contribution < 1.29 is 13.2 Å². The van der Waals surface area contributed by atoms with Crippen molar-refractivity contribution in [3.8, 4) is 0 Å². The molecule has 8 N–H and O–H groups in total. The van der Waals surface area contributed by atoms with Crippen LogP contribution in [0.3, 0.4) is 0 Å². The number of halogens is 5. The molecule has 8 heterocycles. The number of likely N-dealkylation sites (N-methyl/N-ethyl adjacent to an activating group) is 1. The number of aryl methyl sites for hydroxylation is 8. The standard InChI is InChI=1S/C14H20N4O.C14H17N3O.C13H16N4O.C13H15N3O.C13H17N3O.C12H12F3N3O.C11H12BrN3O.C11H12ClN3O/c1-10-16-13-9-11(15-7-8-17(2)3)5-6-12(13)14(19)18(10)4;1-9-16-13-7-11(15-8-10-3-4-10)5-6-12(13)14(18)17(9)2;1-8-15-11-7-9(12(14)16(2)3)5-6-10(11)13(18)17(8)4;1-8-14-12-7-10(15-9-3-4-9)5-6-11(12)13(17)16(8)2;1-4-7-14-10-5-6-11-12(8-10)15-9(2)16(3)13(11)17;1-7-17-10-5-8(16-6-12(13,14)15)3-4-9(10)11(19)18(7)2;2*1-6-14-9-5-10(13-2)8(12)4-7(9)11(16)15(6)3/h5-6,9,15H,7-8H2,1-4H3;5-7,10,15H,3-4,8H2,1-2H3;5-7,14H,1-4H3;5-7,9,15H,3-4H2,1-2H3;5-6,8,14H,4,7H2,1-3H3;3-5,16H,6H2,1-2H3;2*4-5,13H,1-3H3. The zero-order valence-corrected chi connectivity index (χ0v) is 85.5. The van der Waals surface area contributed by atoms with Crippen molar-refractivity contribution in [2.75, 3.05) is 112 Å². The fourth-order valence-electron chi connectivity index (χ4n) is 14.4. The third-order valence-corrected chi connectivity index (χ3v) is 25.0. The van der Waals surface area contributed by atoms with Crippen LogP contribution in [0.4, 0.5) is 53.0 Å². The van der Waals surface area contributed by atoms with Gasteiger partial charge >= 0.3 is 6.18 Å². The molecule has 8 aromatic carbocycles. The van der Waals surface area contributed by atoms with E-state index in [2.05, 4.69) is 105 Å². The summed E-state index contributed by atoms with van der Waals surface area (Å²) in [5, 5.41) is 35.0. The molecule has 2 aliphatic rings. The number of hydrogen-bond acceptors (Lipinski definition) is 25. The lowest BCUT2D eigenvalue weighted by molar-refractivity contribution is -0.115. The topological polar surface area (TPSA) is 394 Å². The fourth-order valence-corrected chi connectivity index (χ4v) is 15.2. The highest BCUT2D eigenvalue weighted by molar-refractivity contribution is 9.10. The molecule has 0 spiro atoms. The number of nitrogens with zero attached hydrogens (tertiary/aromatic N) is 18. The zero-order chi connectivity index (χ0) is 102. The van der Waals surface area contributed by atoms with Crippen LogP contribution in [0, 0.1) is 66.7 Å². The number of fused-ring (bicyclic) bond motifs is 8. The van der Waals surface area contributed by atoms with E-state index in [0.717, 1.165) is 128 Å². The highest BCUT2D eigenvalue weighted by Crippen LogP contribution is 2.32. The quantitative estimate of drug-likeness (QED) is 0.0310. The molecule has 39 heteroatoms. The van der Waals surface area contributed by atoms with Gasteiger partial charge < -0.3 is 47.0 Å². The molecule has 0 saturated heterocycles. The molecule has 0 amide bonds. The van der Waals surface area contributed by atoms with Crippen molar-refractivity contribution >= 4 is 160 Å². The van der Waals surface area contributed by atoms with Gasteiger partial charge in [0.05, 0.1) is 104 Å². The summed E-state index contributed by atoms with van der Waals surface area (Å²) in [4.78, 5) is 135. The monoisotopic (exact) mass is 2000 g/mol. The van der Waals surface area contributed by atoms with Crippen LogP contribution in [0.25, 0.3) is 87.2 Å². The van der Waals surface area contributed by atoms with Gasteiger partial charge in [0.25, 0.3) is 44.5 Å². The van der Waals surface area contributed by atoms with Gasteiger partial charge in [0.1, 0.15) is 59.0 Å². The first-order valence-electron chi connectivity index (χ1n) is 45.4. The average molecular weight is 2000 g/mol. The predicted octanol–water partition coefficient (Wildman–Crippen LogP) is 14.5. The minimum atomic E-state index is -4.29. The summed E-state index contributed by atoms with van der Waals surface area (Å²) < 4.78 is 49.5. The van der Waals surface area contributed by atoms with E-state index in [1.165, 1.54) is 57.6 Å². The molecule has 738 valence electrons. The SMILES string of the molecule is CCCNc1ccc2c(=O)n(C)c(C)nc2c1.CNc1cc2nc(C)n(C)c(=O)c2cc1Br.CNc1cc2nc(C)n(C)c(=O)c2cc1Cl.Cc1nc2cc(C(=N)N(C)C)ccc2c(=O)n1C.Cc1nc2cc(NC3CC3)ccc2c(=O)n1C.Cc1nc2cc(NCC(F)(F)F)ccc2c(=O)n1C.Cc1nc2cc(NCC3CC3)ccc2c(=O)n1C.Cc1nc2cc(NCCN(C)C)ccc2c(=O)n1C. The molecular formula is C101H121BrClF3N26O8. The second-order valence-corrected chi connectivity index (χ2v) is 36.1. The lowest BCUT2D eigenvalue weighted by Crippen LogP contribution is -2.23. The highest BCUT2D eigenvalue weighted by Gasteiger charge is 2.27. The van der Waals surface area contributed by atoms with E-state index in [0.29, 0.717) is 105 Å². The highest BCUT2D eigenvalue weighted by atomic mass is 79.9. The van der Waals surface area contributed by atoms with Crippen LogP contribution in [0.2, 0.25) is 5.02 Å². The molecule has 0 atom stereocenters. The van der Waals surface area contributed by atoms with E-state index in [1.54, 1.807) is 148 Å². The molecule has 0 radical (unpaired) electrons. The smallest absolute Gasteiger partial charge is 0.387 e. The van der Waals surface area contributed by atoms with Gasteiger partial charge in [-0.15, -0.1) is 0 Å². The maximum atomic E-state index is 12.1. The number of anilines is 7. The molecule has 16 aromatic rings. The number of rotatable bonds is 17. The Balaban J connectivity index is 0.000000153. The van der Waals surface area contributed by atoms with Crippen molar-refractivity contribution in [2.45, 2.75) is 107 Å². The first kappa shape index (κ1) is 106. The minimum Gasteiger partial charge on any atom is -0.387 e. The predicted molar refractivity (Wildman–Crippen MR) is 564 cm³/mol. The molecular weight excluding hydrogens is 1880 g/mol. The normalized spacial score (nSPS) is 12.0. The molecule has 2 saturated carbocycles. The molecule has 34 nitrogen and oxygen atoms in total. The Morgan fingerprint density at radius 1 is 0.393 bits per heavy atom. The summed E-state index contributed by atoms with van der Waals surface area (Å²) in [6, 6.07) is 40.3. The van der Waals surface area contributed by atoms with Gasteiger partial charge in [0.2, 0.25) is 0 Å². The van der Waals surface area contributed by atoms with Crippen LogP contribution in [-0.2, 0) is 56.4 Å². The summed E-state index contributed by atoms with van der Waals surface area (Å²) in [6.45, 7) is 19.2. The van der Waals surface area contributed by atoms with Crippen LogP contribution in [0.15, 0.2) is 176 Å². The Bertz CT molecular complexity index is 7810. The molecule has 8 aromatic heterocycles. The van der Waals surface area contributed by atoms with E-state index in [-0.39, 0.29) is 50.2 Å². The number of amidine groups is 1. The van der Waals surface area contributed by atoms with Crippen molar-refractivity contribution in [3.63, 3.8) is 0 Å². The van der Waals surface area contributed by atoms with Gasteiger partial charge in [-0.25, -0.2) is 39.9 Å². The molecule has 0 aliphatic heterocycles. The van der Waals surface area contributed by atoms with E-state index in [9.17, 15) is 51.5 Å². The first-order chi connectivity index (χ1) is 66.2. The van der Waals surface area contributed by atoms with Gasteiger partial charge in [-0.2, -0.15) is 13.2 Å². The van der Waals surface area contributed by atoms with E-state index < -0.39 is 12.7 Å². The minimum absolute atomic E-state index is 0.00217. The van der Waals surface area contributed by atoms with Gasteiger partial charge in [-0.3, -0.25) is 80.3 Å². The van der Waals surface area contributed by atoms with Crippen LogP contribution < -0.4 is 81.7 Å². The van der Waals surface area contributed by atoms with Crippen molar-refractivity contribution in [1.29, 1.82) is 5.41 Å². The van der Waals surface area contributed by atoms with E-state index in [4.69, 9.17) is 17.0 Å². The molecule has 0 bridgehead atoms. The third kappa shape index (κ3) is 26.1. The van der Waals surface area contributed by atoms with Crippen molar-refractivity contribution in [2.24, 2.45) is 62.3 Å². The summed E-state index contributed by atoms with van der Waals surface area (Å²) in [5.74, 6) is 6.74. The lowest BCUT2D eigenvalue weighted by Gasteiger charge is -2.14. The summed E-state index contributed by atoms with van der Waals surface area (Å²) >= 11 is 9.45.